The van der Waals surface area contributed by atoms with Crippen molar-refractivity contribution in [2.45, 2.75) is 50.2 Å². The first-order valence-electron chi connectivity index (χ1n) is 7.01. The van der Waals surface area contributed by atoms with Gasteiger partial charge in [-0.05, 0) is 18.8 Å². The van der Waals surface area contributed by atoms with Crippen molar-refractivity contribution in [2.24, 2.45) is 5.92 Å². The number of carbonyl (C=O) groups is 1. The molecule has 2 saturated carbocycles. The Balaban J connectivity index is 1.99. The van der Waals surface area contributed by atoms with Crippen LogP contribution in [0, 0.1) is 5.92 Å². The van der Waals surface area contributed by atoms with Crippen molar-refractivity contribution in [3.8, 4) is 0 Å². The molecule has 1 aromatic rings. The molecule has 0 amide bonds. The summed E-state index contributed by atoms with van der Waals surface area (Å²) >= 11 is 0. The molecule has 3 rings (SSSR count). The summed E-state index contributed by atoms with van der Waals surface area (Å²) in [5.41, 5.74) is -2.73. The molecule has 2 aliphatic carbocycles. The second-order valence-electron chi connectivity index (χ2n) is 6.06. The Bertz CT molecular complexity index is 627. The van der Waals surface area contributed by atoms with Crippen LogP contribution in [-0.4, -0.2) is 21.7 Å². The van der Waals surface area contributed by atoms with Gasteiger partial charge < -0.3 is 0 Å². The quantitative estimate of drug-likeness (QED) is 0.781. The summed E-state index contributed by atoms with van der Waals surface area (Å²) in [5.74, 6) is -5.75. The molecule has 0 unspecified atom stereocenters. The highest BCUT2D eigenvalue weighted by Gasteiger charge is 2.49. The maximum atomic E-state index is 13.3. The molecule has 0 N–H and O–H groups in total. The predicted molar refractivity (Wildman–Crippen MR) is 63.4 cm³/mol. The van der Waals surface area contributed by atoms with Gasteiger partial charge in [0.25, 0.3) is 0 Å². The Morgan fingerprint density at radius 3 is 2.35 bits per heavy atom. The number of hydrogen-bond acceptors (Lipinski definition) is 3. The average molecular weight is 342 g/mol. The van der Waals surface area contributed by atoms with Crippen LogP contribution in [0.3, 0.4) is 0 Å². The molecule has 1 aromatic heterocycles. The van der Waals surface area contributed by atoms with Gasteiger partial charge in [0.15, 0.2) is 5.69 Å². The van der Waals surface area contributed by atoms with Crippen molar-refractivity contribution in [3.63, 3.8) is 0 Å². The molecule has 0 atom stereocenters. The van der Waals surface area contributed by atoms with E-state index in [1.165, 1.54) is 0 Å². The van der Waals surface area contributed by atoms with Crippen molar-refractivity contribution in [1.29, 1.82) is 0 Å². The first-order chi connectivity index (χ1) is 10.6. The van der Waals surface area contributed by atoms with E-state index >= 15 is 0 Å². The van der Waals surface area contributed by atoms with Crippen LogP contribution in [0.1, 0.15) is 53.3 Å². The second-order valence-corrected chi connectivity index (χ2v) is 6.06. The molecule has 0 bridgehead atoms. The summed E-state index contributed by atoms with van der Waals surface area (Å²) in [6.45, 7) is -0.310. The van der Waals surface area contributed by atoms with Gasteiger partial charge in [-0.15, -0.1) is 0 Å². The number of hydrogen-bond donors (Lipinski definition) is 0. The predicted octanol–water partition coefficient (Wildman–Crippen LogP) is 3.87. The Morgan fingerprint density at radius 1 is 1.30 bits per heavy atom. The highest BCUT2D eigenvalue weighted by Crippen LogP contribution is 2.48. The molecule has 128 valence electrons. The molecule has 0 aliphatic heterocycles. The van der Waals surface area contributed by atoms with Gasteiger partial charge in [0.1, 0.15) is 5.56 Å². The van der Waals surface area contributed by atoms with Gasteiger partial charge in [-0.2, -0.15) is 18.3 Å². The lowest BCUT2D eigenvalue weighted by Gasteiger charge is -2.34. The lowest BCUT2D eigenvalue weighted by atomic mass is 9.81. The van der Waals surface area contributed by atoms with Gasteiger partial charge in [0.2, 0.25) is 5.92 Å². The number of nitrogens with zero attached hydrogens (tertiary/aromatic N) is 2. The largest absolute Gasteiger partial charge is 0.420 e. The maximum Gasteiger partial charge on any atom is 0.420 e. The fourth-order valence-corrected chi connectivity index (χ4v) is 2.94. The Morgan fingerprint density at radius 2 is 1.91 bits per heavy atom. The van der Waals surface area contributed by atoms with Gasteiger partial charge in [-0.3, -0.25) is 4.68 Å². The second kappa shape index (κ2) is 5.13. The average Bonchev–Trinajstić information content (AvgIpc) is 3.16. The number of rotatable bonds is 4. The van der Waals surface area contributed by atoms with Crippen LogP contribution < -0.4 is 0 Å². The summed E-state index contributed by atoms with van der Waals surface area (Å²) in [6.07, 6.45) is -4.96. The van der Waals surface area contributed by atoms with E-state index in [4.69, 9.17) is 0 Å². The SMILES string of the molecule is O=C(OF)c1c(C(F)(F)F)c(C2CC2)nn1CC1CC(F)(F)C1. The fourth-order valence-electron chi connectivity index (χ4n) is 2.94. The molecule has 0 radical (unpaired) electrons. The molecule has 2 fully saturated rings. The topological polar surface area (TPSA) is 44.1 Å². The molecule has 23 heavy (non-hydrogen) atoms. The number of alkyl halides is 5. The minimum absolute atomic E-state index is 0.310. The minimum atomic E-state index is -4.91. The number of carbonyl (C=O) groups excluding carboxylic acids is 1. The molecule has 0 aromatic carbocycles. The van der Waals surface area contributed by atoms with E-state index in [1.54, 1.807) is 0 Å². The van der Waals surface area contributed by atoms with Crippen LogP contribution >= 0.6 is 0 Å². The van der Waals surface area contributed by atoms with Crippen LogP contribution in [0.5, 0.6) is 0 Å². The third-order valence-electron chi connectivity index (χ3n) is 4.10. The lowest BCUT2D eigenvalue weighted by Crippen LogP contribution is -2.38. The molecular weight excluding hydrogens is 330 g/mol. The molecule has 4 nitrogen and oxygen atoms in total. The zero-order valence-corrected chi connectivity index (χ0v) is 11.7. The van der Waals surface area contributed by atoms with E-state index < -0.39 is 54.0 Å². The molecule has 10 heteroatoms. The summed E-state index contributed by atoms with van der Waals surface area (Å²) < 4.78 is 78.4. The van der Waals surface area contributed by atoms with E-state index in [-0.39, 0.29) is 12.2 Å². The van der Waals surface area contributed by atoms with E-state index in [1.807, 2.05) is 0 Å². The highest BCUT2D eigenvalue weighted by molar-refractivity contribution is 5.89. The fraction of sp³-hybridized carbons (Fsp3) is 0.692. The van der Waals surface area contributed by atoms with Gasteiger partial charge in [0, 0.05) is 29.8 Å². The van der Waals surface area contributed by atoms with Gasteiger partial charge in [-0.1, -0.05) is 0 Å². The molecule has 0 saturated heterocycles. The maximum absolute atomic E-state index is 13.3. The van der Waals surface area contributed by atoms with Crippen LogP contribution in [0.4, 0.5) is 26.5 Å². The standard InChI is InChI=1S/C13H12F6N2O2/c14-12(15)3-6(4-12)5-21-10(11(22)23-19)8(13(16,17)18)9(20-21)7-1-2-7/h6-7H,1-5H2. The Hall–Kier alpha value is -1.74. The first kappa shape index (κ1) is 16.1. The summed E-state index contributed by atoms with van der Waals surface area (Å²) in [5, 5.41) is 3.76. The third-order valence-corrected chi connectivity index (χ3v) is 4.10. The van der Waals surface area contributed by atoms with Gasteiger partial charge in [0.05, 0.1) is 5.69 Å². The van der Waals surface area contributed by atoms with E-state index in [2.05, 4.69) is 10.0 Å². The lowest BCUT2D eigenvalue weighted by molar-refractivity contribution is -0.140. The van der Waals surface area contributed by atoms with E-state index in [0.29, 0.717) is 17.5 Å². The zero-order chi connectivity index (χ0) is 17.0. The molecule has 2 aliphatic rings. The first-order valence-corrected chi connectivity index (χ1v) is 7.01. The number of aromatic nitrogens is 2. The van der Waals surface area contributed by atoms with Gasteiger partial charge >= 0.3 is 12.1 Å². The minimum Gasteiger partial charge on any atom is -0.257 e. The van der Waals surface area contributed by atoms with Crippen molar-refractivity contribution in [1.82, 2.24) is 9.78 Å². The van der Waals surface area contributed by atoms with Crippen LogP contribution in [-0.2, 0) is 17.7 Å². The molecule has 1 heterocycles. The van der Waals surface area contributed by atoms with Crippen molar-refractivity contribution in [3.05, 3.63) is 17.0 Å². The molecular formula is C13H12F6N2O2. The van der Waals surface area contributed by atoms with E-state index in [0.717, 1.165) is 0 Å². The highest BCUT2D eigenvalue weighted by atomic mass is 19.4. The summed E-state index contributed by atoms with van der Waals surface area (Å²) in [7, 11) is 0. The smallest absolute Gasteiger partial charge is 0.257 e. The van der Waals surface area contributed by atoms with Crippen molar-refractivity contribution in [2.75, 3.05) is 0 Å². The third kappa shape index (κ3) is 3.02. The van der Waals surface area contributed by atoms with Crippen molar-refractivity contribution >= 4 is 5.97 Å². The molecule has 0 spiro atoms. The van der Waals surface area contributed by atoms with Crippen LogP contribution in [0.15, 0.2) is 0 Å². The van der Waals surface area contributed by atoms with Gasteiger partial charge in [-0.25, -0.2) is 18.5 Å². The Labute approximate surface area is 126 Å². The monoisotopic (exact) mass is 342 g/mol. The normalized spacial score (nSPS) is 21.1. The van der Waals surface area contributed by atoms with Crippen LogP contribution in [0.25, 0.3) is 0 Å². The summed E-state index contributed by atoms with van der Waals surface area (Å²) in [6, 6.07) is 0. The van der Waals surface area contributed by atoms with E-state index in [9.17, 15) is 31.3 Å². The Kier molecular flexibility index (Phi) is 3.60. The van der Waals surface area contributed by atoms with Crippen molar-refractivity contribution < 1.29 is 36.2 Å². The van der Waals surface area contributed by atoms with Crippen LogP contribution in [0.2, 0.25) is 0 Å². The number of halogens is 6. The summed E-state index contributed by atoms with van der Waals surface area (Å²) in [4.78, 5) is 14.4. The zero-order valence-electron chi connectivity index (χ0n) is 11.7.